The van der Waals surface area contributed by atoms with Gasteiger partial charge < -0.3 is 9.73 Å². The van der Waals surface area contributed by atoms with E-state index in [4.69, 9.17) is 4.42 Å². The highest BCUT2D eigenvalue weighted by Crippen LogP contribution is 2.27. The van der Waals surface area contributed by atoms with Crippen molar-refractivity contribution in [3.8, 4) is 11.4 Å². The molecular weight excluding hydrogens is 396 g/mol. The van der Waals surface area contributed by atoms with Crippen molar-refractivity contribution >= 4 is 17.7 Å². The second-order valence-corrected chi connectivity index (χ2v) is 8.49. The second-order valence-electron chi connectivity index (χ2n) is 7.54. The summed E-state index contributed by atoms with van der Waals surface area (Å²) in [5, 5.41) is 12.5. The first-order valence-electron chi connectivity index (χ1n) is 10.0. The van der Waals surface area contributed by atoms with Crippen LogP contribution in [0.25, 0.3) is 11.4 Å². The third-order valence-electron chi connectivity index (χ3n) is 4.70. The molecule has 2 aromatic heterocycles. The van der Waals surface area contributed by atoms with Gasteiger partial charge in [-0.3, -0.25) is 9.36 Å². The number of nitrogens with zero attached hydrogens (tertiary/aromatic N) is 3. The molecule has 0 spiro atoms. The van der Waals surface area contributed by atoms with E-state index >= 15 is 0 Å². The Labute approximate surface area is 181 Å². The summed E-state index contributed by atoms with van der Waals surface area (Å²) in [7, 11) is 0. The largest absolute Gasteiger partial charge is 0.469 e. The van der Waals surface area contributed by atoms with E-state index in [1.165, 1.54) is 11.8 Å². The first kappa shape index (κ1) is 21.9. The smallest absolute Gasteiger partial charge is 0.230 e. The first-order valence-corrected chi connectivity index (χ1v) is 11.0. The third kappa shape index (κ3) is 5.42. The van der Waals surface area contributed by atoms with Gasteiger partial charge in [-0.15, -0.1) is 16.8 Å². The molecule has 7 heteroatoms. The maximum Gasteiger partial charge on any atom is 0.230 e. The van der Waals surface area contributed by atoms with Crippen molar-refractivity contribution in [3.05, 3.63) is 66.6 Å². The Morgan fingerprint density at radius 2 is 2.03 bits per heavy atom. The number of thioether (sulfide) groups is 1. The molecule has 0 unspecified atom stereocenters. The quantitative estimate of drug-likeness (QED) is 0.365. The molecule has 1 atom stereocenters. The Morgan fingerprint density at radius 3 is 2.67 bits per heavy atom. The minimum Gasteiger partial charge on any atom is -0.469 e. The number of nitrogens with one attached hydrogen (secondary N) is 1. The number of allylic oxidation sites excluding steroid dienone is 1. The fraction of sp³-hybridized carbons (Fsp3) is 0.348. The van der Waals surface area contributed by atoms with Gasteiger partial charge in [-0.05, 0) is 30.9 Å². The number of benzene rings is 1. The number of amides is 1. The van der Waals surface area contributed by atoms with Gasteiger partial charge in [0.15, 0.2) is 11.0 Å². The highest BCUT2D eigenvalue weighted by atomic mass is 32.2. The van der Waals surface area contributed by atoms with Crippen molar-refractivity contribution in [2.24, 2.45) is 5.92 Å². The first-order chi connectivity index (χ1) is 14.5. The van der Waals surface area contributed by atoms with E-state index in [0.29, 0.717) is 23.4 Å². The Bertz CT molecular complexity index is 978. The molecular formula is C23H28N4O2S. The van der Waals surface area contributed by atoms with Gasteiger partial charge in [0.1, 0.15) is 5.76 Å². The lowest BCUT2D eigenvalue weighted by Gasteiger charge is -2.21. The predicted octanol–water partition coefficient (Wildman–Crippen LogP) is 5.03. The lowest BCUT2D eigenvalue weighted by Crippen LogP contribution is -2.31. The Morgan fingerprint density at radius 1 is 1.27 bits per heavy atom. The molecule has 1 amide bonds. The van der Waals surface area contributed by atoms with Gasteiger partial charge in [0.2, 0.25) is 5.91 Å². The summed E-state index contributed by atoms with van der Waals surface area (Å²) in [5.41, 5.74) is 2.01. The molecule has 6 nitrogen and oxygen atoms in total. The standard InChI is InChI=1S/C23H28N4O2S/c1-5-12-27-22(19-11-13-29-17(19)4)25-26-23(27)30-15-21(28)24-20(14-16(2)3)18-9-7-6-8-10-18/h5-11,13,16,20H,1,12,14-15H2,2-4H3,(H,24,28)/t20-/m0/s1. The average molecular weight is 425 g/mol. The zero-order valence-electron chi connectivity index (χ0n) is 17.7. The van der Waals surface area contributed by atoms with E-state index in [9.17, 15) is 4.79 Å². The molecule has 0 saturated heterocycles. The van der Waals surface area contributed by atoms with Crippen molar-refractivity contribution < 1.29 is 9.21 Å². The summed E-state index contributed by atoms with van der Waals surface area (Å²) in [4.78, 5) is 12.7. The molecule has 0 radical (unpaired) electrons. The molecule has 0 saturated carbocycles. The topological polar surface area (TPSA) is 73.0 Å². The van der Waals surface area contributed by atoms with Crippen molar-refractivity contribution in [2.45, 2.75) is 44.9 Å². The Hall–Kier alpha value is -2.80. The van der Waals surface area contributed by atoms with Crippen molar-refractivity contribution in [2.75, 3.05) is 5.75 Å². The number of aryl methyl sites for hydroxylation is 1. The number of hydrogen-bond acceptors (Lipinski definition) is 5. The second kappa shape index (κ2) is 10.3. The lowest BCUT2D eigenvalue weighted by atomic mass is 9.97. The van der Waals surface area contributed by atoms with Crippen LogP contribution in [0.15, 0.2) is 64.9 Å². The molecule has 30 heavy (non-hydrogen) atoms. The highest BCUT2D eigenvalue weighted by molar-refractivity contribution is 7.99. The zero-order valence-corrected chi connectivity index (χ0v) is 18.5. The number of carbonyl (C=O) groups excluding carboxylic acids is 1. The molecule has 3 rings (SSSR count). The summed E-state index contributed by atoms with van der Waals surface area (Å²) < 4.78 is 7.35. The van der Waals surface area contributed by atoms with Crippen LogP contribution in [0.1, 0.15) is 37.6 Å². The van der Waals surface area contributed by atoms with Gasteiger partial charge >= 0.3 is 0 Å². The molecule has 158 valence electrons. The van der Waals surface area contributed by atoms with Crippen LogP contribution >= 0.6 is 11.8 Å². The summed E-state index contributed by atoms with van der Waals surface area (Å²) in [6.45, 7) is 10.6. The van der Waals surface area contributed by atoms with Crippen molar-refractivity contribution in [1.82, 2.24) is 20.1 Å². The Balaban J connectivity index is 1.70. The number of furan rings is 1. The van der Waals surface area contributed by atoms with E-state index in [1.54, 1.807) is 12.3 Å². The van der Waals surface area contributed by atoms with E-state index in [0.717, 1.165) is 23.3 Å². The summed E-state index contributed by atoms with van der Waals surface area (Å²) in [5.74, 6) is 2.21. The SMILES string of the molecule is C=CCn1c(SCC(=O)N[C@@H](CC(C)C)c2ccccc2)nnc1-c1ccoc1C. The molecule has 2 heterocycles. The van der Waals surface area contributed by atoms with Crippen LogP contribution in [-0.2, 0) is 11.3 Å². The number of hydrogen-bond donors (Lipinski definition) is 1. The van der Waals surface area contributed by atoms with Gasteiger partial charge in [0.25, 0.3) is 0 Å². The molecule has 0 bridgehead atoms. The van der Waals surface area contributed by atoms with E-state index in [-0.39, 0.29) is 17.7 Å². The van der Waals surface area contributed by atoms with E-state index < -0.39 is 0 Å². The van der Waals surface area contributed by atoms with Crippen molar-refractivity contribution in [3.63, 3.8) is 0 Å². The average Bonchev–Trinajstić information content (AvgIpc) is 3.32. The van der Waals surface area contributed by atoms with Crippen LogP contribution in [0.5, 0.6) is 0 Å². The van der Waals surface area contributed by atoms with Crippen LogP contribution < -0.4 is 5.32 Å². The van der Waals surface area contributed by atoms with E-state index in [2.05, 4.69) is 48.1 Å². The molecule has 0 aliphatic heterocycles. The number of carbonyl (C=O) groups is 1. The number of aromatic nitrogens is 3. The van der Waals surface area contributed by atoms with Gasteiger partial charge in [-0.1, -0.05) is 62.0 Å². The third-order valence-corrected chi connectivity index (χ3v) is 5.67. The summed E-state index contributed by atoms with van der Waals surface area (Å²) in [6, 6.07) is 12.0. The number of rotatable bonds is 10. The van der Waals surface area contributed by atoms with Crippen LogP contribution in [-0.4, -0.2) is 26.4 Å². The van der Waals surface area contributed by atoms with Crippen LogP contribution in [0.3, 0.4) is 0 Å². The molecule has 0 fully saturated rings. The fourth-order valence-electron chi connectivity index (χ4n) is 3.31. The normalized spacial score (nSPS) is 12.1. The minimum absolute atomic E-state index is 0.00511. The predicted molar refractivity (Wildman–Crippen MR) is 120 cm³/mol. The molecule has 1 aromatic carbocycles. The summed E-state index contributed by atoms with van der Waals surface area (Å²) in [6.07, 6.45) is 4.31. The van der Waals surface area contributed by atoms with Gasteiger partial charge in [0.05, 0.1) is 23.6 Å². The zero-order chi connectivity index (χ0) is 21.5. The van der Waals surface area contributed by atoms with Crippen LogP contribution in [0.4, 0.5) is 0 Å². The van der Waals surface area contributed by atoms with Crippen LogP contribution in [0, 0.1) is 12.8 Å². The van der Waals surface area contributed by atoms with Gasteiger partial charge in [-0.25, -0.2) is 0 Å². The maximum atomic E-state index is 12.7. The van der Waals surface area contributed by atoms with Gasteiger partial charge in [-0.2, -0.15) is 0 Å². The molecule has 0 aliphatic carbocycles. The van der Waals surface area contributed by atoms with Crippen molar-refractivity contribution in [1.29, 1.82) is 0 Å². The fourth-order valence-corrected chi connectivity index (χ4v) is 4.07. The highest BCUT2D eigenvalue weighted by Gasteiger charge is 2.19. The molecule has 0 aliphatic rings. The minimum atomic E-state index is -0.0244. The maximum absolute atomic E-state index is 12.7. The molecule has 3 aromatic rings. The Kier molecular flexibility index (Phi) is 7.52. The monoisotopic (exact) mass is 424 g/mol. The van der Waals surface area contributed by atoms with E-state index in [1.807, 2.05) is 35.8 Å². The molecule has 1 N–H and O–H groups in total. The van der Waals surface area contributed by atoms with Crippen LogP contribution in [0.2, 0.25) is 0 Å². The summed E-state index contributed by atoms with van der Waals surface area (Å²) >= 11 is 1.37. The van der Waals surface area contributed by atoms with Gasteiger partial charge in [0, 0.05) is 6.54 Å². The lowest BCUT2D eigenvalue weighted by molar-refractivity contribution is -0.119.